The molecule has 0 unspecified atom stereocenters. The van der Waals surface area contributed by atoms with Gasteiger partial charge >= 0.3 is 0 Å². The fourth-order valence-corrected chi connectivity index (χ4v) is 1.87. The van der Waals surface area contributed by atoms with Crippen LogP contribution in [0.5, 0.6) is 0 Å². The van der Waals surface area contributed by atoms with Crippen molar-refractivity contribution in [2.75, 3.05) is 18.5 Å². The Balaban J connectivity index is 2.05. The third kappa shape index (κ3) is 3.40. The highest BCUT2D eigenvalue weighted by Crippen LogP contribution is 2.20. The van der Waals surface area contributed by atoms with Gasteiger partial charge in [0.05, 0.1) is 5.69 Å². The van der Waals surface area contributed by atoms with Crippen molar-refractivity contribution in [3.05, 3.63) is 18.0 Å². The molecule has 1 aliphatic rings. The zero-order valence-electron chi connectivity index (χ0n) is 10.9. The van der Waals surface area contributed by atoms with Gasteiger partial charge < -0.3 is 10.1 Å². The topological polar surface area (TPSA) is 47.0 Å². The van der Waals surface area contributed by atoms with Crippen molar-refractivity contribution in [3.63, 3.8) is 0 Å². The Bertz CT molecular complexity index is 367. The Hall–Kier alpha value is -1.16. The summed E-state index contributed by atoms with van der Waals surface area (Å²) in [5.41, 5.74) is 1.14. The van der Waals surface area contributed by atoms with E-state index >= 15 is 0 Å². The van der Waals surface area contributed by atoms with E-state index < -0.39 is 0 Å². The summed E-state index contributed by atoms with van der Waals surface area (Å²) in [7, 11) is 0. The molecule has 1 fully saturated rings. The van der Waals surface area contributed by atoms with Crippen molar-refractivity contribution in [2.45, 2.75) is 45.1 Å². The van der Waals surface area contributed by atoms with Crippen molar-refractivity contribution in [1.82, 2.24) is 9.97 Å². The van der Waals surface area contributed by atoms with Crippen LogP contribution in [-0.4, -0.2) is 29.2 Å². The number of hydrogen-bond acceptors (Lipinski definition) is 4. The normalized spacial score (nSPS) is 18.1. The summed E-state index contributed by atoms with van der Waals surface area (Å²) in [6.45, 7) is 8.14. The fraction of sp³-hybridized carbons (Fsp3) is 0.692. The molecule has 0 saturated carbocycles. The maximum absolute atomic E-state index is 5.33. The smallest absolute Gasteiger partial charge is 0.223 e. The molecule has 0 aromatic carbocycles. The number of nitrogens with zero attached hydrogens (tertiary/aromatic N) is 2. The van der Waals surface area contributed by atoms with Crippen LogP contribution in [0.25, 0.3) is 0 Å². The molecular weight excluding hydrogens is 214 g/mol. The lowest BCUT2D eigenvalue weighted by atomic mass is 9.92. The van der Waals surface area contributed by atoms with Gasteiger partial charge in [0.25, 0.3) is 0 Å². The molecule has 0 spiro atoms. The molecule has 1 aliphatic heterocycles. The van der Waals surface area contributed by atoms with Crippen LogP contribution in [0.3, 0.4) is 0 Å². The van der Waals surface area contributed by atoms with Gasteiger partial charge in [0, 0.05) is 30.9 Å². The van der Waals surface area contributed by atoms with Crippen LogP contribution in [-0.2, 0) is 10.2 Å². The minimum absolute atomic E-state index is 0.0645. The first-order chi connectivity index (χ1) is 8.05. The Morgan fingerprint density at radius 3 is 2.65 bits per heavy atom. The van der Waals surface area contributed by atoms with E-state index in [4.69, 9.17) is 4.74 Å². The SMILES string of the molecule is CC(C)(C)c1ccnc(NC2CCOCC2)n1. The predicted molar refractivity (Wildman–Crippen MR) is 68.2 cm³/mol. The number of rotatable bonds is 2. The molecule has 0 bridgehead atoms. The maximum Gasteiger partial charge on any atom is 0.223 e. The van der Waals surface area contributed by atoms with E-state index in [0.717, 1.165) is 37.7 Å². The zero-order chi connectivity index (χ0) is 12.3. The van der Waals surface area contributed by atoms with Crippen molar-refractivity contribution in [1.29, 1.82) is 0 Å². The molecule has 94 valence electrons. The van der Waals surface area contributed by atoms with Crippen molar-refractivity contribution in [3.8, 4) is 0 Å². The highest BCUT2D eigenvalue weighted by molar-refractivity contribution is 5.28. The van der Waals surface area contributed by atoms with E-state index in [1.54, 1.807) is 0 Å². The molecule has 0 radical (unpaired) electrons. The Morgan fingerprint density at radius 2 is 2.00 bits per heavy atom. The molecule has 17 heavy (non-hydrogen) atoms. The van der Waals surface area contributed by atoms with Crippen molar-refractivity contribution in [2.24, 2.45) is 0 Å². The lowest BCUT2D eigenvalue weighted by Crippen LogP contribution is -2.29. The van der Waals surface area contributed by atoms with Gasteiger partial charge in [0.15, 0.2) is 0 Å². The van der Waals surface area contributed by atoms with Gasteiger partial charge in [-0.05, 0) is 18.9 Å². The Labute approximate surface area is 103 Å². The van der Waals surface area contributed by atoms with E-state index in [0.29, 0.717) is 6.04 Å². The van der Waals surface area contributed by atoms with E-state index in [-0.39, 0.29) is 5.41 Å². The highest BCUT2D eigenvalue weighted by atomic mass is 16.5. The zero-order valence-corrected chi connectivity index (χ0v) is 10.9. The molecule has 2 heterocycles. The predicted octanol–water partition coefficient (Wildman–Crippen LogP) is 2.37. The van der Waals surface area contributed by atoms with Gasteiger partial charge in [0.2, 0.25) is 5.95 Å². The van der Waals surface area contributed by atoms with Gasteiger partial charge in [-0.3, -0.25) is 0 Å². The van der Waals surface area contributed by atoms with Crippen LogP contribution in [0.15, 0.2) is 12.3 Å². The van der Waals surface area contributed by atoms with Crippen LogP contribution >= 0.6 is 0 Å². The first kappa shape index (κ1) is 12.3. The van der Waals surface area contributed by atoms with Crippen molar-refractivity contribution >= 4 is 5.95 Å². The Morgan fingerprint density at radius 1 is 1.29 bits per heavy atom. The molecule has 0 atom stereocenters. The third-order valence-corrected chi connectivity index (χ3v) is 2.98. The lowest BCUT2D eigenvalue weighted by molar-refractivity contribution is 0.0903. The minimum atomic E-state index is 0.0645. The van der Waals surface area contributed by atoms with E-state index in [1.165, 1.54) is 0 Å². The molecule has 1 aromatic rings. The van der Waals surface area contributed by atoms with Gasteiger partial charge in [-0.1, -0.05) is 20.8 Å². The second-order valence-electron chi connectivity index (χ2n) is 5.55. The first-order valence-electron chi connectivity index (χ1n) is 6.23. The largest absolute Gasteiger partial charge is 0.381 e. The summed E-state index contributed by atoms with van der Waals surface area (Å²) >= 11 is 0. The van der Waals surface area contributed by atoms with Crippen LogP contribution in [0.4, 0.5) is 5.95 Å². The summed E-state index contributed by atoms with van der Waals surface area (Å²) in [6.07, 6.45) is 3.89. The van der Waals surface area contributed by atoms with Gasteiger partial charge in [-0.2, -0.15) is 0 Å². The molecule has 1 aromatic heterocycles. The number of anilines is 1. The van der Waals surface area contributed by atoms with E-state index in [9.17, 15) is 0 Å². The molecule has 1 saturated heterocycles. The molecule has 0 aliphatic carbocycles. The Kier molecular flexibility index (Phi) is 3.62. The molecular formula is C13H21N3O. The molecule has 4 heteroatoms. The van der Waals surface area contributed by atoms with Crippen LogP contribution in [0, 0.1) is 0 Å². The summed E-state index contributed by atoms with van der Waals surface area (Å²) in [5, 5.41) is 3.39. The monoisotopic (exact) mass is 235 g/mol. The van der Waals surface area contributed by atoms with Gasteiger partial charge in [-0.15, -0.1) is 0 Å². The van der Waals surface area contributed by atoms with Gasteiger partial charge in [0.1, 0.15) is 0 Å². The van der Waals surface area contributed by atoms with Crippen molar-refractivity contribution < 1.29 is 4.74 Å². The molecule has 0 amide bonds. The maximum atomic E-state index is 5.33. The highest BCUT2D eigenvalue weighted by Gasteiger charge is 2.18. The van der Waals surface area contributed by atoms with Crippen LogP contribution in [0.1, 0.15) is 39.3 Å². The average molecular weight is 235 g/mol. The second kappa shape index (κ2) is 5.00. The van der Waals surface area contributed by atoms with E-state index in [1.807, 2.05) is 12.3 Å². The number of aromatic nitrogens is 2. The number of nitrogens with one attached hydrogen (secondary N) is 1. The number of hydrogen-bond donors (Lipinski definition) is 1. The first-order valence-corrected chi connectivity index (χ1v) is 6.23. The third-order valence-electron chi connectivity index (χ3n) is 2.98. The van der Waals surface area contributed by atoms with Crippen LogP contribution in [0.2, 0.25) is 0 Å². The minimum Gasteiger partial charge on any atom is -0.381 e. The van der Waals surface area contributed by atoms with Crippen LogP contribution < -0.4 is 5.32 Å². The standard InChI is InChI=1S/C13H21N3O/c1-13(2,3)11-4-7-14-12(16-11)15-10-5-8-17-9-6-10/h4,7,10H,5-6,8-9H2,1-3H3,(H,14,15,16). The average Bonchev–Trinajstić information content (AvgIpc) is 2.29. The second-order valence-corrected chi connectivity index (χ2v) is 5.55. The number of ether oxygens (including phenoxy) is 1. The quantitative estimate of drug-likeness (QED) is 0.855. The molecule has 4 nitrogen and oxygen atoms in total. The fourth-order valence-electron chi connectivity index (χ4n) is 1.87. The van der Waals surface area contributed by atoms with Gasteiger partial charge in [-0.25, -0.2) is 9.97 Å². The van der Waals surface area contributed by atoms with E-state index in [2.05, 4.69) is 36.1 Å². The summed E-state index contributed by atoms with van der Waals surface area (Å²) in [4.78, 5) is 8.86. The lowest BCUT2D eigenvalue weighted by Gasteiger charge is -2.24. The summed E-state index contributed by atoms with van der Waals surface area (Å²) in [5.74, 6) is 0.740. The molecule has 1 N–H and O–H groups in total. The summed E-state index contributed by atoms with van der Waals surface area (Å²) < 4.78 is 5.33. The summed E-state index contributed by atoms with van der Waals surface area (Å²) in [6, 6.07) is 2.42. The molecule has 2 rings (SSSR count).